The number of carbonyl (C=O) groups excluding carboxylic acids is 1. The van der Waals surface area contributed by atoms with Gasteiger partial charge in [-0.05, 0) is 12.8 Å². The van der Waals surface area contributed by atoms with Gasteiger partial charge < -0.3 is 4.90 Å². The molecule has 106 valence electrons. The molecule has 2 saturated heterocycles. The van der Waals surface area contributed by atoms with Gasteiger partial charge >= 0.3 is 0 Å². The molecule has 0 spiro atoms. The molecular weight excluding hydrogens is 240 g/mol. The predicted molar refractivity (Wildman–Crippen MR) is 73.5 cm³/mol. The third-order valence-corrected chi connectivity index (χ3v) is 4.34. The number of carbonyl (C=O) groups is 1. The molecule has 0 bridgehead atoms. The second kappa shape index (κ2) is 6.36. The van der Waals surface area contributed by atoms with Crippen molar-refractivity contribution in [2.24, 2.45) is 0 Å². The maximum Gasteiger partial charge on any atom is 0.239 e. The van der Waals surface area contributed by atoms with Crippen LogP contribution in [0.5, 0.6) is 0 Å². The summed E-state index contributed by atoms with van der Waals surface area (Å²) >= 11 is 0. The molecule has 0 saturated carbocycles. The van der Waals surface area contributed by atoms with Gasteiger partial charge in [-0.15, -0.1) is 0 Å². The lowest BCUT2D eigenvalue weighted by Crippen LogP contribution is -2.54. The van der Waals surface area contributed by atoms with Crippen molar-refractivity contribution in [3.8, 4) is 6.07 Å². The first-order valence-corrected chi connectivity index (χ1v) is 7.30. The van der Waals surface area contributed by atoms with Gasteiger partial charge in [-0.25, -0.2) is 0 Å². The van der Waals surface area contributed by atoms with E-state index in [2.05, 4.69) is 22.8 Å². The minimum absolute atomic E-state index is 0.0501. The first kappa shape index (κ1) is 14.3. The van der Waals surface area contributed by atoms with Crippen molar-refractivity contribution in [3.63, 3.8) is 0 Å². The zero-order chi connectivity index (χ0) is 13.8. The van der Waals surface area contributed by atoms with Gasteiger partial charge in [0, 0.05) is 39.8 Å². The lowest BCUT2D eigenvalue weighted by molar-refractivity contribution is -0.131. The van der Waals surface area contributed by atoms with E-state index in [4.69, 9.17) is 0 Å². The van der Waals surface area contributed by atoms with Crippen molar-refractivity contribution in [3.05, 3.63) is 0 Å². The molecule has 2 aliphatic heterocycles. The highest BCUT2D eigenvalue weighted by molar-refractivity contribution is 5.83. The Bertz CT molecular complexity index is 357. The van der Waals surface area contributed by atoms with Gasteiger partial charge in [0.1, 0.15) is 0 Å². The zero-order valence-corrected chi connectivity index (χ0v) is 12.0. The van der Waals surface area contributed by atoms with Crippen molar-refractivity contribution in [1.82, 2.24) is 14.7 Å². The molecule has 19 heavy (non-hydrogen) atoms. The molecule has 5 nitrogen and oxygen atoms in total. The molecule has 0 radical (unpaired) electrons. The highest BCUT2D eigenvalue weighted by Crippen LogP contribution is 2.19. The van der Waals surface area contributed by atoms with E-state index in [-0.39, 0.29) is 18.0 Å². The van der Waals surface area contributed by atoms with Crippen LogP contribution >= 0.6 is 0 Å². The third kappa shape index (κ3) is 3.07. The van der Waals surface area contributed by atoms with Crippen LogP contribution in [0.15, 0.2) is 0 Å². The second-order valence-electron chi connectivity index (χ2n) is 5.57. The number of hydrogen-bond donors (Lipinski definition) is 0. The summed E-state index contributed by atoms with van der Waals surface area (Å²) < 4.78 is 0. The van der Waals surface area contributed by atoms with Gasteiger partial charge in [0.25, 0.3) is 0 Å². The first-order chi connectivity index (χ1) is 9.17. The highest BCUT2D eigenvalue weighted by Gasteiger charge is 2.36. The second-order valence-corrected chi connectivity index (χ2v) is 5.57. The van der Waals surface area contributed by atoms with Crippen LogP contribution in [0.2, 0.25) is 0 Å². The number of nitrogens with zero attached hydrogens (tertiary/aromatic N) is 4. The van der Waals surface area contributed by atoms with Gasteiger partial charge in [-0.1, -0.05) is 13.3 Å². The summed E-state index contributed by atoms with van der Waals surface area (Å²) in [7, 11) is 1.88. The van der Waals surface area contributed by atoms with Crippen LogP contribution in [0.25, 0.3) is 0 Å². The standard InChI is InChI=1S/C14H24N4O/c1-3-4-12(11-15)17-7-9-18(10-8-17)13-5-6-16(2)14(13)19/h12-13H,3-10H2,1-2H3. The largest absolute Gasteiger partial charge is 0.344 e. The Morgan fingerprint density at radius 3 is 2.47 bits per heavy atom. The van der Waals surface area contributed by atoms with E-state index in [1.54, 1.807) is 0 Å². The monoisotopic (exact) mass is 264 g/mol. The predicted octanol–water partition coefficient (Wildman–Crippen LogP) is 0.527. The van der Waals surface area contributed by atoms with Crippen LogP contribution in [-0.2, 0) is 4.79 Å². The van der Waals surface area contributed by atoms with E-state index in [9.17, 15) is 10.1 Å². The van der Waals surface area contributed by atoms with Crippen LogP contribution in [0.3, 0.4) is 0 Å². The SMILES string of the molecule is CCCC(C#N)N1CCN(C2CCN(C)C2=O)CC1. The Labute approximate surface area is 115 Å². The smallest absolute Gasteiger partial charge is 0.239 e. The molecule has 0 aromatic rings. The third-order valence-electron chi connectivity index (χ3n) is 4.34. The zero-order valence-electron chi connectivity index (χ0n) is 12.0. The minimum atomic E-state index is 0.0501. The molecule has 1 amide bonds. The fraction of sp³-hybridized carbons (Fsp3) is 0.857. The van der Waals surface area contributed by atoms with Gasteiger partial charge in [-0.3, -0.25) is 14.6 Å². The molecule has 0 aromatic carbocycles. The number of rotatable bonds is 4. The number of likely N-dealkylation sites (tertiary alicyclic amines) is 1. The van der Waals surface area contributed by atoms with E-state index < -0.39 is 0 Å². The molecule has 2 aliphatic rings. The Balaban J connectivity index is 1.86. The van der Waals surface area contributed by atoms with Crippen LogP contribution in [0.4, 0.5) is 0 Å². The topological polar surface area (TPSA) is 50.6 Å². The van der Waals surface area contributed by atoms with Crippen molar-refractivity contribution in [1.29, 1.82) is 5.26 Å². The molecule has 5 heteroatoms. The summed E-state index contributed by atoms with van der Waals surface area (Å²) in [4.78, 5) is 18.4. The Morgan fingerprint density at radius 1 is 1.32 bits per heavy atom. The molecule has 0 aliphatic carbocycles. The van der Waals surface area contributed by atoms with Crippen molar-refractivity contribution < 1.29 is 4.79 Å². The summed E-state index contributed by atoms with van der Waals surface area (Å²) in [5, 5.41) is 9.20. The Morgan fingerprint density at radius 2 is 2.00 bits per heavy atom. The summed E-state index contributed by atoms with van der Waals surface area (Å²) in [6.45, 7) is 6.63. The minimum Gasteiger partial charge on any atom is -0.344 e. The maximum absolute atomic E-state index is 12.0. The average molecular weight is 264 g/mol. The van der Waals surface area contributed by atoms with Crippen molar-refractivity contribution in [2.45, 2.75) is 38.3 Å². The fourth-order valence-electron chi connectivity index (χ4n) is 3.11. The van der Waals surface area contributed by atoms with Gasteiger partial charge in [0.15, 0.2) is 0 Å². The summed E-state index contributed by atoms with van der Waals surface area (Å²) in [5.41, 5.74) is 0. The van der Waals surface area contributed by atoms with Crippen LogP contribution in [0, 0.1) is 11.3 Å². The number of nitriles is 1. The van der Waals surface area contributed by atoms with Crippen molar-refractivity contribution in [2.75, 3.05) is 39.8 Å². The Hall–Kier alpha value is -1.12. The van der Waals surface area contributed by atoms with Crippen molar-refractivity contribution >= 4 is 5.91 Å². The molecule has 2 unspecified atom stereocenters. The van der Waals surface area contributed by atoms with E-state index in [1.807, 2.05) is 11.9 Å². The average Bonchev–Trinajstić information content (AvgIpc) is 2.77. The van der Waals surface area contributed by atoms with E-state index in [0.717, 1.165) is 52.0 Å². The normalized spacial score (nSPS) is 27.5. The van der Waals surface area contributed by atoms with Crippen LogP contribution < -0.4 is 0 Å². The summed E-state index contributed by atoms with van der Waals surface area (Å²) in [6, 6.07) is 2.54. The molecule has 2 rings (SSSR count). The van der Waals surface area contributed by atoms with Gasteiger partial charge in [-0.2, -0.15) is 5.26 Å². The highest BCUT2D eigenvalue weighted by atomic mass is 16.2. The first-order valence-electron chi connectivity index (χ1n) is 7.30. The number of amides is 1. The Kier molecular flexibility index (Phi) is 4.78. The summed E-state index contributed by atoms with van der Waals surface area (Å²) in [5.74, 6) is 0.263. The molecule has 2 fully saturated rings. The lowest BCUT2D eigenvalue weighted by Gasteiger charge is -2.38. The molecular formula is C14H24N4O. The quantitative estimate of drug-likeness (QED) is 0.743. The molecule has 0 aromatic heterocycles. The summed E-state index contributed by atoms with van der Waals surface area (Å²) in [6.07, 6.45) is 2.94. The van der Waals surface area contributed by atoms with Crippen LogP contribution in [-0.4, -0.2) is 72.5 Å². The number of likely N-dealkylation sites (N-methyl/N-ethyl adjacent to an activating group) is 1. The van der Waals surface area contributed by atoms with Gasteiger partial charge in [0.2, 0.25) is 5.91 Å². The van der Waals surface area contributed by atoms with E-state index in [0.29, 0.717) is 0 Å². The lowest BCUT2D eigenvalue weighted by atomic mass is 10.1. The fourth-order valence-corrected chi connectivity index (χ4v) is 3.11. The number of hydrogen-bond acceptors (Lipinski definition) is 4. The van der Waals surface area contributed by atoms with Crippen LogP contribution in [0.1, 0.15) is 26.2 Å². The van der Waals surface area contributed by atoms with E-state index >= 15 is 0 Å². The van der Waals surface area contributed by atoms with Gasteiger partial charge in [0.05, 0.1) is 18.2 Å². The molecule has 2 heterocycles. The number of piperazine rings is 1. The molecule has 0 N–H and O–H groups in total. The molecule has 2 atom stereocenters. The van der Waals surface area contributed by atoms with E-state index in [1.165, 1.54) is 0 Å². The maximum atomic E-state index is 12.0.